The summed E-state index contributed by atoms with van der Waals surface area (Å²) in [6, 6.07) is 10.2. The Hall–Kier alpha value is -1.60. The molecule has 0 saturated carbocycles. The molecule has 0 aliphatic rings. The Morgan fingerprint density at radius 1 is 1.10 bits per heavy atom. The normalized spacial score (nSPS) is 11.2. The SMILES string of the molecule is NC(=S)c1ccc(Br)cc1Nc1ccccc1C(F)(F)F. The molecule has 2 rings (SSSR count). The zero-order valence-electron chi connectivity index (χ0n) is 10.5. The highest BCUT2D eigenvalue weighted by molar-refractivity contribution is 9.10. The van der Waals surface area contributed by atoms with Crippen molar-refractivity contribution in [2.75, 3.05) is 5.32 Å². The molecule has 7 heteroatoms. The van der Waals surface area contributed by atoms with Crippen molar-refractivity contribution < 1.29 is 13.2 Å². The Kier molecular flexibility index (Phi) is 4.53. The van der Waals surface area contributed by atoms with Gasteiger partial charge in [0.05, 0.1) is 11.3 Å². The number of halogens is 4. The number of benzene rings is 2. The lowest BCUT2D eigenvalue weighted by Gasteiger charge is -2.16. The first-order valence-electron chi connectivity index (χ1n) is 5.81. The van der Waals surface area contributed by atoms with Gasteiger partial charge in [-0.2, -0.15) is 13.2 Å². The Morgan fingerprint density at radius 2 is 1.76 bits per heavy atom. The Balaban J connectivity index is 2.49. The lowest BCUT2D eigenvalue weighted by Crippen LogP contribution is -2.13. The number of anilines is 2. The van der Waals surface area contributed by atoms with Crippen molar-refractivity contribution in [1.82, 2.24) is 0 Å². The molecule has 110 valence electrons. The molecule has 0 atom stereocenters. The highest BCUT2D eigenvalue weighted by Gasteiger charge is 2.33. The van der Waals surface area contributed by atoms with Crippen LogP contribution < -0.4 is 11.1 Å². The molecule has 2 nitrogen and oxygen atoms in total. The van der Waals surface area contributed by atoms with Gasteiger partial charge in [0.15, 0.2) is 0 Å². The van der Waals surface area contributed by atoms with E-state index >= 15 is 0 Å². The predicted molar refractivity (Wildman–Crippen MR) is 84.8 cm³/mol. The zero-order chi connectivity index (χ0) is 15.6. The van der Waals surface area contributed by atoms with Crippen molar-refractivity contribution in [3.05, 3.63) is 58.1 Å². The van der Waals surface area contributed by atoms with Crippen molar-refractivity contribution in [2.24, 2.45) is 5.73 Å². The van der Waals surface area contributed by atoms with Crippen LogP contribution in [0.2, 0.25) is 0 Å². The summed E-state index contributed by atoms with van der Waals surface area (Å²) in [4.78, 5) is 0.106. The average molecular weight is 375 g/mol. The molecule has 0 bridgehead atoms. The molecule has 0 unspecified atom stereocenters. The van der Waals surface area contributed by atoms with Crippen LogP contribution in [0.1, 0.15) is 11.1 Å². The maximum absolute atomic E-state index is 13.0. The molecular formula is C14H10BrF3N2S. The number of alkyl halides is 3. The van der Waals surface area contributed by atoms with Gasteiger partial charge in [-0.25, -0.2) is 0 Å². The standard InChI is InChI=1S/C14H10BrF3N2S/c15-8-5-6-9(13(19)21)12(7-8)20-11-4-2-1-3-10(11)14(16,17)18/h1-7,20H,(H2,19,21). The van der Waals surface area contributed by atoms with Crippen molar-refractivity contribution >= 4 is 44.5 Å². The lowest BCUT2D eigenvalue weighted by molar-refractivity contribution is -0.136. The number of hydrogen-bond donors (Lipinski definition) is 2. The first-order valence-corrected chi connectivity index (χ1v) is 7.02. The van der Waals surface area contributed by atoms with E-state index in [1.165, 1.54) is 18.2 Å². The number of nitrogens with two attached hydrogens (primary N) is 1. The Labute approximate surface area is 133 Å². The van der Waals surface area contributed by atoms with E-state index in [1.54, 1.807) is 18.2 Å². The molecule has 0 aromatic heterocycles. The topological polar surface area (TPSA) is 38.0 Å². The van der Waals surface area contributed by atoms with Gasteiger partial charge in [0, 0.05) is 15.7 Å². The molecule has 2 aromatic rings. The number of nitrogens with one attached hydrogen (secondary N) is 1. The first kappa shape index (κ1) is 15.8. The summed E-state index contributed by atoms with van der Waals surface area (Å²) in [6.45, 7) is 0. The molecular weight excluding hydrogens is 365 g/mol. The van der Waals surface area contributed by atoms with Gasteiger partial charge in [-0.15, -0.1) is 0 Å². The molecule has 21 heavy (non-hydrogen) atoms. The number of rotatable bonds is 3. The minimum absolute atomic E-state index is 0.0550. The van der Waals surface area contributed by atoms with E-state index in [0.717, 1.165) is 6.07 Å². The summed E-state index contributed by atoms with van der Waals surface area (Å²) < 4.78 is 39.7. The Bertz CT molecular complexity index is 686. The average Bonchev–Trinajstić information content (AvgIpc) is 2.37. The fourth-order valence-corrected chi connectivity index (χ4v) is 2.36. The van der Waals surface area contributed by atoms with E-state index in [9.17, 15) is 13.2 Å². The van der Waals surface area contributed by atoms with Crippen LogP contribution in [-0.4, -0.2) is 4.99 Å². The minimum Gasteiger partial charge on any atom is -0.389 e. The number of thiocarbonyl (C=S) groups is 1. The highest BCUT2D eigenvalue weighted by atomic mass is 79.9. The minimum atomic E-state index is -4.45. The molecule has 0 heterocycles. The molecule has 0 fully saturated rings. The summed E-state index contributed by atoms with van der Waals surface area (Å²) in [5.41, 5.74) is 5.68. The van der Waals surface area contributed by atoms with Crippen LogP contribution >= 0.6 is 28.1 Å². The second-order valence-corrected chi connectivity index (χ2v) is 5.58. The molecule has 0 aliphatic carbocycles. The Morgan fingerprint density at radius 3 is 2.38 bits per heavy atom. The third-order valence-electron chi connectivity index (χ3n) is 2.75. The molecule has 0 amide bonds. The van der Waals surface area contributed by atoms with E-state index in [4.69, 9.17) is 18.0 Å². The van der Waals surface area contributed by atoms with Gasteiger partial charge < -0.3 is 11.1 Å². The summed E-state index contributed by atoms with van der Waals surface area (Å²) in [7, 11) is 0. The van der Waals surface area contributed by atoms with Gasteiger partial charge in [0.1, 0.15) is 4.99 Å². The van der Waals surface area contributed by atoms with E-state index < -0.39 is 11.7 Å². The van der Waals surface area contributed by atoms with E-state index in [2.05, 4.69) is 21.2 Å². The van der Waals surface area contributed by atoms with Crippen LogP contribution in [0.4, 0.5) is 24.5 Å². The van der Waals surface area contributed by atoms with Crippen LogP contribution in [0.25, 0.3) is 0 Å². The van der Waals surface area contributed by atoms with Crippen LogP contribution in [0, 0.1) is 0 Å². The third-order valence-corrected chi connectivity index (χ3v) is 3.46. The van der Waals surface area contributed by atoms with Gasteiger partial charge >= 0.3 is 6.18 Å². The van der Waals surface area contributed by atoms with Gasteiger partial charge in [-0.05, 0) is 30.3 Å². The molecule has 0 radical (unpaired) electrons. The second-order valence-electron chi connectivity index (χ2n) is 4.22. The van der Waals surface area contributed by atoms with Crippen molar-refractivity contribution in [1.29, 1.82) is 0 Å². The maximum Gasteiger partial charge on any atom is 0.418 e. The fraction of sp³-hybridized carbons (Fsp3) is 0.0714. The molecule has 2 aromatic carbocycles. The van der Waals surface area contributed by atoms with Crippen LogP contribution in [0.5, 0.6) is 0 Å². The third kappa shape index (κ3) is 3.74. The van der Waals surface area contributed by atoms with Crippen molar-refractivity contribution in [3.63, 3.8) is 0 Å². The zero-order valence-corrected chi connectivity index (χ0v) is 12.9. The first-order chi connectivity index (χ1) is 9.79. The predicted octanol–water partition coefficient (Wildman–Crippen LogP) is 4.85. The van der Waals surface area contributed by atoms with E-state index in [0.29, 0.717) is 15.7 Å². The fourth-order valence-electron chi connectivity index (χ4n) is 1.82. The van der Waals surface area contributed by atoms with Crippen LogP contribution in [0.15, 0.2) is 46.9 Å². The van der Waals surface area contributed by atoms with Crippen molar-refractivity contribution in [2.45, 2.75) is 6.18 Å². The number of hydrogen-bond acceptors (Lipinski definition) is 2. The van der Waals surface area contributed by atoms with Gasteiger partial charge in [0.2, 0.25) is 0 Å². The monoisotopic (exact) mass is 374 g/mol. The van der Waals surface area contributed by atoms with E-state index in [-0.39, 0.29) is 10.7 Å². The largest absolute Gasteiger partial charge is 0.418 e. The molecule has 0 saturated heterocycles. The maximum atomic E-state index is 13.0. The van der Waals surface area contributed by atoms with Crippen LogP contribution in [0.3, 0.4) is 0 Å². The summed E-state index contributed by atoms with van der Waals surface area (Å²) in [5.74, 6) is 0. The highest BCUT2D eigenvalue weighted by Crippen LogP contribution is 2.36. The molecule has 0 spiro atoms. The van der Waals surface area contributed by atoms with E-state index in [1.807, 2.05) is 0 Å². The smallest absolute Gasteiger partial charge is 0.389 e. The second kappa shape index (κ2) is 6.03. The quantitative estimate of drug-likeness (QED) is 0.754. The number of para-hydroxylation sites is 1. The summed E-state index contributed by atoms with van der Waals surface area (Å²) >= 11 is 8.19. The van der Waals surface area contributed by atoms with Crippen LogP contribution in [-0.2, 0) is 6.18 Å². The summed E-state index contributed by atoms with van der Waals surface area (Å²) in [5, 5.41) is 2.75. The lowest BCUT2D eigenvalue weighted by atomic mass is 10.1. The van der Waals surface area contributed by atoms with Gasteiger partial charge in [0.25, 0.3) is 0 Å². The molecule has 3 N–H and O–H groups in total. The summed E-state index contributed by atoms with van der Waals surface area (Å²) in [6.07, 6.45) is -4.45. The van der Waals surface area contributed by atoms with Gasteiger partial charge in [-0.1, -0.05) is 40.3 Å². The molecule has 0 aliphatic heterocycles. The van der Waals surface area contributed by atoms with Gasteiger partial charge in [-0.3, -0.25) is 0 Å². The van der Waals surface area contributed by atoms with Crippen molar-refractivity contribution in [3.8, 4) is 0 Å².